The molecule has 0 atom stereocenters. The highest BCUT2D eigenvalue weighted by atomic mass is 16.5. The molecule has 2 heterocycles. The second-order valence-corrected chi connectivity index (χ2v) is 8.02. The summed E-state index contributed by atoms with van der Waals surface area (Å²) in [5.41, 5.74) is 3.60. The SMILES string of the molecule is O=C(CCN1C(=O)Cc2ccccc2C1=O)NCc1ccccc1C[NH+]1CCOCC1. The Kier molecular flexibility index (Phi) is 6.74. The molecule has 2 aromatic rings. The lowest BCUT2D eigenvalue weighted by Gasteiger charge is -2.26. The van der Waals surface area contributed by atoms with Gasteiger partial charge < -0.3 is 15.0 Å². The van der Waals surface area contributed by atoms with Gasteiger partial charge in [-0.3, -0.25) is 19.3 Å². The summed E-state index contributed by atoms with van der Waals surface area (Å²) in [6, 6.07) is 15.3. The lowest BCUT2D eigenvalue weighted by atomic mass is 9.98. The van der Waals surface area contributed by atoms with Gasteiger partial charge in [-0.1, -0.05) is 42.5 Å². The van der Waals surface area contributed by atoms with Crippen LogP contribution < -0.4 is 10.2 Å². The number of ether oxygens (including phenoxy) is 1. The summed E-state index contributed by atoms with van der Waals surface area (Å²) in [6.07, 6.45) is 0.289. The Balaban J connectivity index is 1.30. The minimum atomic E-state index is -0.321. The van der Waals surface area contributed by atoms with E-state index in [9.17, 15) is 14.4 Å². The van der Waals surface area contributed by atoms with Crippen LogP contribution in [0.1, 0.15) is 33.5 Å². The van der Waals surface area contributed by atoms with Crippen LogP contribution in [0.4, 0.5) is 0 Å². The standard InChI is InChI=1S/C24H27N3O4/c28-22(9-10-27-23(29)15-18-5-3-4-8-21(18)24(27)30)25-16-19-6-1-2-7-20(19)17-26-11-13-31-14-12-26/h1-8H,9-17H2,(H,25,28)/p+1. The van der Waals surface area contributed by atoms with Gasteiger partial charge in [0.05, 0.1) is 19.6 Å². The molecule has 31 heavy (non-hydrogen) atoms. The summed E-state index contributed by atoms with van der Waals surface area (Å²) in [4.78, 5) is 40.1. The summed E-state index contributed by atoms with van der Waals surface area (Å²) in [5, 5.41) is 2.94. The number of nitrogens with one attached hydrogen (secondary N) is 2. The highest BCUT2D eigenvalue weighted by Gasteiger charge is 2.30. The maximum absolute atomic E-state index is 12.6. The van der Waals surface area contributed by atoms with Crippen LogP contribution in [-0.4, -0.2) is 55.5 Å². The van der Waals surface area contributed by atoms with Gasteiger partial charge >= 0.3 is 0 Å². The lowest BCUT2D eigenvalue weighted by Crippen LogP contribution is -3.12. The summed E-state index contributed by atoms with van der Waals surface area (Å²) in [6.45, 7) is 4.98. The number of hydrogen-bond acceptors (Lipinski definition) is 4. The first-order chi connectivity index (χ1) is 15.1. The first-order valence-corrected chi connectivity index (χ1v) is 10.8. The predicted molar refractivity (Wildman–Crippen MR) is 114 cm³/mol. The van der Waals surface area contributed by atoms with E-state index in [2.05, 4.69) is 11.4 Å². The van der Waals surface area contributed by atoms with Gasteiger partial charge in [0, 0.05) is 30.6 Å². The van der Waals surface area contributed by atoms with Gasteiger partial charge in [0.1, 0.15) is 19.6 Å². The van der Waals surface area contributed by atoms with Crippen LogP contribution in [0.15, 0.2) is 48.5 Å². The molecule has 2 aliphatic heterocycles. The molecular formula is C24H28N3O4+. The van der Waals surface area contributed by atoms with Crippen LogP contribution in [0.5, 0.6) is 0 Å². The van der Waals surface area contributed by atoms with E-state index in [1.165, 1.54) is 15.4 Å². The average molecular weight is 423 g/mol. The predicted octanol–water partition coefficient (Wildman–Crippen LogP) is 0.333. The Labute approximate surface area is 182 Å². The fourth-order valence-electron chi connectivity index (χ4n) is 4.13. The molecule has 0 aromatic heterocycles. The quantitative estimate of drug-likeness (QED) is 0.631. The smallest absolute Gasteiger partial charge is 0.260 e. The number of hydrogen-bond donors (Lipinski definition) is 2. The number of carbonyl (C=O) groups excluding carboxylic acids is 3. The molecule has 2 aromatic carbocycles. The lowest BCUT2D eigenvalue weighted by molar-refractivity contribution is -0.921. The van der Waals surface area contributed by atoms with Crippen LogP contribution in [0.25, 0.3) is 0 Å². The zero-order valence-corrected chi connectivity index (χ0v) is 17.6. The van der Waals surface area contributed by atoms with E-state index >= 15 is 0 Å². The second-order valence-electron chi connectivity index (χ2n) is 8.02. The minimum Gasteiger partial charge on any atom is -0.370 e. The highest BCUT2D eigenvalue weighted by Crippen LogP contribution is 2.19. The number of fused-ring (bicyclic) bond motifs is 1. The molecule has 2 aliphatic rings. The summed E-state index contributed by atoms with van der Waals surface area (Å²) in [7, 11) is 0. The third kappa shape index (κ3) is 5.18. The van der Waals surface area contributed by atoms with Crippen molar-refractivity contribution < 1.29 is 24.0 Å². The van der Waals surface area contributed by atoms with Gasteiger partial charge in [0.15, 0.2) is 0 Å². The van der Waals surface area contributed by atoms with Crippen molar-refractivity contribution >= 4 is 17.7 Å². The molecule has 4 rings (SSSR count). The van der Waals surface area contributed by atoms with Crippen molar-refractivity contribution in [3.63, 3.8) is 0 Å². The number of quaternary nitrogens is 1. The second kappa shape index (κ2) is 9.85. The molecule has 0 unspecified atom stereocenters. The molecule has 3 amide bonds. The van der Waals surface area contributed by atoms with Crippen LogP contribution in [0.3, 0.4) is 0 Å². The zero-order chi connectivity index (χ0) is 21.6. The first kappa shape index (κ1) is 21.2. The van der Waals surface area contributed by atoms with Crippen molar-refractivity contribution in [2.75, 3.05) is 32.8 Å². The van der Waals surface area contributed by atoms with Crippen molar-refractivity contribution in [1.29, 1.82) is 0 Å². The van der Waals surface area contributed by atoms with Crippen molar-refractivity contribution in [3.8, 4) is 0 Å². The maximum atomic E-state index is 12.6. The maximum Gasteiger partial charge on any atom is 0.260 e. The molecule has 1 fully saturated rings. The number of amides is 3. The summed E-state index contributed by atoms with van der Waals surface area (Å²) >= 11 is 0. The van der Waals surface area contributed by atoms with E-state index < -0.39 is 0 Å². The van der Waals surface area contributed by atoms with Gasteiger partial charge in [0.2, 0.25) is 11.8 Å². The normalized spacial score (nSPS) is 16.8. The van der Waals surface area contributed by atoms with E-state index in [0.717, 1.165) is 44.0 Å². The van der Waals surface area contributed by atoms with Crippen LogP contribution in [-0.2, 0) is 33.8 Å². The topological polar surface area (TPSA) is 80.2 Å². The van der Waals surface area contributed by atoms with Gasteiger partial charge in [0.25, 0.3) is 5.91 Å². The van der Waals surface area contributed by atoms with E-state index in [-0.39, 0.29) is 37.1 Å². The number of carbonyl (C=O) groups is 3. The Bertz CT molecular complexity index is 969. The van der Waals surface area contributed by atoms with E-state index in [0.29, 0.717) is 12.1 Å². The highest BCUT2D eigenvalue weighted by molar-refractivity contribution is 6.09. The number of rotatable bonds is 7. The Hall–Kier alpha value is -3.03. The molecule has 0 bridgehead atoms. The Morgan fingerprint density at radius 1 is 1.00 bits per heavy atom. The van der Waals surface area contributed by atoms with Gasteiger partial charge in [-0.15, -0.1) is 0 Å². The van der Waals surface area contributed by atoms with E-state index in [1.54, 1.807) is 18.2 Å². The molecular weight excluding hydrogens is 394 g/mol. The minimum absolute atomic E-state index is 0.0938. The first-order valence-electron chi connectivity index (χ1n) is 10.8. The molecule has 7 nitrogen and oxygen atoms in total. The third-order valence-electron chi connectivity index (χ3n) is 5.93. The third-order valence-corrected chi connectivity index (χ3v) is 5.93. The van der Waals surface area contributed by atoms with Crippen LogP contribution >= 0.6 is 0 Å². The molecule has 2 N–H and O–H groups in total. The Morgan fingerprint density at radius 2 is 1.71 bits per heavy atom. The molecule has 0 radical (unpaired) electrons. The van der Waals surface area contributed by atoms with Crippen LogP contribution in [0, 0.1) is 0 Å². The number of imide groups is 1. The van der Waals surface area contributed by atoms with Crippen molar-refractivity contribution in [2.24, 2.45) is 0 Å². The number of benzene rings is 2. The number of morpholine rings is 1. The fourth-order valence-corrected chi connectivity index (χ4v) is 4.13. The molecule has 0 aliphatic carbocycles. The van der Waals surface area contributed by atoms with Gasteiger partial charge in [-0.25, -0.2) is 0 Å². The molecule has 7 heteroatoms. The zero-order valence-electron chi connectivity index (χ0n) is 17.6. The van der Waals surface area contributed by atoms with Gasteiger partial charge in [-0.05, 0) is 17.2 Å². The molecule has 0 saturated carbocycles. The number of nitrogens with zero attached hydrogens (tertiary/aromatic N) is 1. The van der Waals surface area contributed by atoms with Crippen molar-refractivity contribution in [1.82, 2.24) is 10.2 Å². The summed E-state index contributed by atoms with van der Waals surface area (Å²) in [5.74, 6) is -0.748. The molecule has 162 valence electrons. The van der Waals surface area contributed by atoms with E-state index in [4.69, 9.17) is 4.74 Å². The Morgan fingerprint density at radius 3 is 2.52 bits per heavy atom. The van der Waals surface area contributed by atoms with Gasteiger partial charge in [-0.2, -0.15) is 0 Å². The monoisotopic (exact) mass is 422 g/mol. The van der Waals surface area contributed by atoms with Crippen molar-refractivity contribution in [2.45, 2.75) is 25.9 Å². The summed E-state index contributed by atoms with van der Waals surface area (Å²) < 4.78 is 5.43. The largest absolute Gasteiger partial charge is 0.370 e. The van der Waals surface area contributed by atoms with E-state index in [1.807, 2.05) is 24.3 Å². The van der Waals surface area contributed by atoms with Crippen molar-refractivity contribution in [3.05, 3.63) is 70.8 Å². The molecule has 1 saturated heterocycles. The average Bonchev–Trinajstić information content (AvgIpc) is 2.79. The van der Waals surface area contributed by atoms with Crippen LogP contribution in [0.2, 0.25) is 0 Å². The molecule has 0 spiro atoms. The fraction of sp³-hybridized carbons (Fsp3) is 0.375.